The topological polar surface area (TPSA) is 125 Å². The first-order chi connectivity index (χ1) is 12.1. The lowest BCUT2D eigenvalue weighted by molar-refractivity contribution is -0.392. The second-order valence-corrected chi connectivity index (χ2v) is 5.22. The SMILES string of the molecule is COC(=O)CCCCCNc1c([N+](=O)[O-])cc(C(F)(F)F)cc1[N+](=O)[O-]. The molecule has 144 valence electrons. The van der Waals surface area contributed by atoms with Crippen LogP contribution in [-0.2, 0) is 15.7 Å². The lowest BCUT2D eigenvalue weighted by atomic mass is 10.1. The maximum Gasteiger partial charge on any atom is 0.416 e. The number of benzene rings is 1. The van der Waals surface area contributed by atoms with E-state index in [1.165, 1.54) is 7.11 Å². The van der Waals surface area contributed by atoms with Crippen LogP contribution in [0.15, 0.2) is 12.1 Å². The third kappa shape index (κ3) is 5.86. The molecule has 0 saturated heterocycles. The summed E-state index contributed by atoms with van der Waals surface area (Å²) in [6.45, 7) is 0.0498. The van der Waals surface area contributed by atoms with Gasteiger partial charge in [0.25, 0.3) is 11.4 Å². The number of ether oxygens (including phenoxy) is 1. The molecule has 1 aromatic rings. The highest BCUT2D eigenvalue weighted by molar-refractivity contribution is 5.75. The first-order valence-corrected chi connectivity index (χ1v) is 7.42. The number of anilines is 1. The van der Waals surface area contributed by atoms with Gasteiger partial charge in [-0.25, -0.2) is 0 Å². The quantitative estimate of drug-likeness (QED) is 0.300. The molecule has 9 nitrogen and oxygen atoms in total. The lowest BCUT2D eigenvalue weighted by Gasteiger charge is -2.11. The van der Waals surface area contributed by atoms with E-state index in [1.807, 2.05) is 0 Å². The van der Waals surface area contributed by atoms with Gasteiger partial charge in [-0.3, -0.25) is 25.0 Å². The van der Waals surface area contributed by atoms with Crippen LogP contribution >= 0.6 is 0 Å². The van der Waals surface area contributed by atoms with Gasteiger partial charge < -0.3 is 10.1 Å². The minimum Gasteiger partial charge on any atom is -0.469 e. The van der Waals surface area contributed by atoms with E-state index >= 15 is 0 Å². The van der Waals surface area contributed by atoms with Crippen LogP contribution < -0.4 is 5.32 Å². The molecule has 0 atom stereocenters. The number of hydrogen-bond donors (Lipinski definition) is 1. The molecule has 0 unspecified atom stereocenters. The van der Waals surface area contributed by atoms with E-state index in [2.05, 4.69) is 10.1 Å². The van der Waals surface area contributed by atoms with Gasteiger partial charge in [-0.15, -0.1) is 0 Å². The molecule has 0 aliphatic carbocycles. The highest BCUT2D eigenvalue weighted by Gasteiger charge is 2.37. The number of nitro benzene ring substituents is 2. The minimum absolute atomic E-state index is 0.0498. The number of methoxy groups -OCH3 is 1. The smallest absolute Gasteiger partial charge is 0.416 e. The average Bonchev–Trinajstić information content (AvgIpc) is 2.55. The van der Waals surface area contributed by atoms with Crippen molar-refractivity contribution < 1.29 is 32.5 Å². The van der Waals surface area contributed by atoms with Crippen LogP contribution in [0, 0.1) is 20.2 Å². The maximum absolute atomic E-state index is 12.8. The minimum atomic E-state index is -4.96. The molecule has 1 aromatic carbocycles. The Kier molecular flexibility index (Phi) is 7.28. The van der Waals surface area contributed by atoms with Crippen molar-refractivity contribution in [1.29, 1.82) is 0 Å². The normalized spacial score (nSPS) is 11.1. The fourth-order valence-corrected chi connectivity index (χ4v) is 2.13. The van der Waals surface area contributed by atoms with Crippen molar-refractivity contribution in [3.05, 3.63) is 37.9 Å². The zero-order valence-corrected chi connectivity index (χ0v) is 13.7. The van der Waals surface area contributed by atoms with Crippen molar-refractivity contribution >= 4 is 23.0 Å². The average molecular weight is 379 g/mol. The van der Waals surface area contributed by atoms with Gasteiger partial charge in [-0.2, -0.15) is 13.2 Å². The molecule has 0 aliphatic rings. The van der Waals surface area contributed by atoms with Gasteiger partial charge in [0, 0.05) is 25.1 Å². The Morgan fingerprint density at radius 1 is 1.12 bits per heavy atom. The summed E-state index contributed by atoms with van der Waals surface area (Å²) < 4.78 is 42.8. The Hall–Kier alpha value is -2.92. The number of carbonyl (C=O) groups excluding carboxylic acids is 1. The number of esters is 1. The summed E-state index contributed by atoms with van der Waals surface area (Å²) in [5.41, 5.74) is -4.11. The van der Waals surface area contributed by atoms with Crippen LogP contribution in [0.1, 0.15) is 31.2 Å². The van der Waals surface area contributed by atoms with Gasteiger partial charge >= 0.3 is 12.1 Å². The Morgan fingerprint density at radius 3 is 2.08 bits per heavy atom. The predicted molar refractivity (Wildman–Crippen MR) is 83.7 cm³/mol. The van der Waals surface area contributed by atoms with Crippen LogP contribution in [0.5, 0.6) is 0 Å². The summed E-state index contributed by atoms with van der Waals surface area (Å²) in [5.74, 6) is -0.396. The third-order valence-corrected chi connectivity index (χ3v) is 3.40. The molecule has 0 radical (unpaired) electrons. The molecule has 0 bridgehead atoms. The van der Waals surface area contributed by atoms with Crippen molar-refractivity contribution in [2.45, 2.75) is 31.9 Å². The second kappa shape index (κ2) is 8.97. The summed E-state index contributed by atoms with van der Waals surface area (Å²) in [5, 5.41) is 24.5. The number of nitrogens with one attached hydrogen (secondary N) is 1. The highest BCUT2D eigenvalue weighted by atomic mass is 19.4. The summed E-state index contributed by atoms with van der Waals surface area (Å²) in [4.78, 5) is 30.8. The van der Waals surface area contributed by atoms with Gasteiger partial charge in [-0.1, -0.05) is 6.42 Å². The predicted octanol–water partition coefficient (Wildman–Crippen LogP) is 3.67. The fourth-order valence-electron chi connectivity index (χ4n) is 2.13. The number of hydrogen-bond acceptors (Lipinski definition) is 7. The molecule has 0 saturated carbocycles. The lowest BCUT2D eigenvalue weighted by Crippen LogP contribution is -2.11. The van der Waals surface area contributed by atoms with Gasteiger partial charge in [0.1, 0.15) is 0 Å². The molecular weight excluding hydrogens is 363 g/mol. The Bertz CT molecular complexity index is 658. The molecule has 0 amide bonds. The van der Waals surface area contributed by atoms with E-state index in [1.54, 1.807) is 0 Å². The zero-order chi connectivity index (χ0) is 19.9. The first kappa shape index (κ1) is 21.1. The number of halogens is 3. The number of rotatable bonds is 9. The highest BCUT2D eigenvalue weighted by Crippen LogP contribution is 2.41. The van der Waals surface area contributed by atoms with Crippen molar-refractivity contribution in [2.75, 3.05) is 19.0 Å². The molecule has 1 N–H and O–H groups in total. The van der Waals surface area contributed by atoms with Crippen molar-refractivity contribution in [3.8, 4) is 0 Å². The van der Waals surface area contributed by atoms with E-state index in [9.17, 15) is 38.2 Å². The number of nitro groups is 2. The van der Waals surface area contributed by atoms with E-state index in [0.717, 1.165) is 0 Å². The summed E-state index contributed by atoms with van der Waals surface area (Å²) in [7, 11) is 1.24. The van der Waals surface area contributed by atoms with Crippen LogP contribution in [0.2, 0.25) is 0 Å². The van der Waals surface area contributed by atoms with Gasteiger partial charge in [-0.05, 0) is 12.8 Å². The molecule has 0 spiro atoms. The van der Waals surface area contributed by atoms with Crippen LogP contribution in [0.3, 0.4) is 0 Å². The number of nitrogens with zero attached hydrogens (tertiary/aromatic N) is 2. The molecule has 0 aliphatic heterocycles. The van der Waals surface area contributed by atoms with E-state index in [4.69, 9.17) is 0 Å². The standard InChI is InChI=1S/C14H16F3N3O6/c1-26-12(21)5-3-2-4-6-18-13-10(19(22)23)7-9(14(15,16)17)8-11(13)20(24)25/h7-8,18H,2-6H2,1H3. The van der Waals surface area contributed by atoms with Crippen molar-refractivity contribution in [3.63, 3.8) is 0 Å². The van der Waals surface area contributed by atoms with Gasteiger partial charge in [0.05, 0.1) is 22.5 Å². The summed E-state index contributed by atoms with van der Waals surface area (Å²) in [6, 6.07) is 0.513. The van der Waals surface area contributed by atoms with Crippen molar-refractivity contribution in [1.82, 2.24) is 0 Å². The summed E-state index contributed by atoms with van der Waals surface area (Å²) in [6.07, 6.45) is -3.39. The van der Waals surface area contributed by atoms with E-state index < -0.39 is 44.6 Å². The Labute approximate surface area is 145 Å². The van der Waals surface area contributed by atoms with Crippen molar-refractivity contribution in [2.24, 2.45) is 0 Å². The summed E-state index contributed by atoms with van der Waals surface area (Å²) >= 11 is 0. The third-order valence-electron chi connectivity index (χ3n) is 3.40. The molecular formula is C14H16F3N3O6. The van der Waals surface area contributed by atoms with Gasteiger partial charge in [0.2, 0.25) is 0 Å². The Balaban J connectivity index is 2.93. The van der Waals surface area contributed by atoms with Crippen LogP contribution in [0.4, 0.5) is 30.2 Å². The first-order valence-electron chi connectivity index (χ1n) is 7.42. The van der Waals surface area contributed by atoms with Gasteiger partial charge in [0.15, 0.2) is 5.69 Å². The van der Waals surface area contributed by atoms with Crippen LogP contribution in [-0.4, -0.2) is 29.5 Å². The molecule has 12 heteroatoms. The molecule has 1 rings (SSSR count). The van der Waals surface area contributed by atoms with E-state index in [0.29, 0.717) is 19.3 Å². The molecule has 0 fully saturated rings. The molecule has 0 aromatic heterocycles. The maximum atomic E-state index is 12.8. The number of alkyl halides is 3. The largest absolute Gasteiger partial charge is 0.469 e. The second-order valence-electron chi connectivity index (χ2n) is 5.22. The fraction of sp³-hybridized carbons (Fsp3) is 0.500. The van der Waals surface area contributed by atoms with Crippen LogP contribution in [0.25, 0.3) is 0 Å². The zero-order valence-electron chi connectivity index (χ0n) is 13.7. The van der Waals surface area contributed by atoms with E-state index in [-0.39, 0.29) is 25.1 Å². The monoisotopic (exact) mass is 379 g/mol. The molecule has 26 heavy (non-hydrogen) atoms. The molecule has 0 heterocycles. The number of unbranched alkanes of at least 4 members (excludes halogenated alkanes) is 2. The Morgan fingerprint density at radius 2 is 1.65 bits per heavy atom. The number of carbonyl (C=O) groups is 1.